The van der Waals surface area contributed by atoms with Gasteiger partial charge in [-0.05, 0) is 34.9 Å². The van der Waals surface area contributed by atoms with Crippen molar-refractivity contribution in [1.82, 2.24) is 30.0 Å². The van der Waals surface area contributed by atoms with Gasteiger partial charge in [0.15, 0.2) is 5.82 Å². The van der Waals surface area contributed by atoms with Gasteiger partial charge in [0.05, 0.1) is 12.1 Å². The van der Waals surface area contributed by atoms with Gasteiger partial charge in [0, 0.05) is 37.7 Å². The van der Waals surface area contributed by atoms with Crippen LogP contribution in [-0.4, -0.2) is 62.7 Å². The second kappa shape index (κ2) is 10.5. The molecule has 1 unspecified atom stereocenters. The number of aromatic nitrogens is 4. The summed E-state index contributed by atoms with van der Waals surface area (Å²) < 4.78 is 2.09. The van der Waals surface area contributed by atoms with Crippen LogP contribution in [0.1, 0.15) is 55.6 Å². The Labute approximate surface area is 184 Å². The Morgan fingerprint density at radius 3 is 2.52 bits per heavy atom. The van der Waals surface area contributed by atoms with E-state index in [0.717, 1.165) is 62.0 Å². The summed E-state index contributed by atoms with van der Waals surface area (Å²) in [5, 5.41) is 13.8. The average molecular weight is 437 g/mol. The van der Waals surface area contributed by atoms with Crippen molar-refractivity contribution >= 4 is 24.0 Å². The van der Waals surface area contributed by atoms with Gasteiger partial charge in [0.1, 0.15) is 0 Å². The van der Waals surface area contributed by atoms with Crippen LogP contribution < -0.4 is 0 Å². The quantitative estimate of drug-likeness (QED) is 0.636. The van der Waals surface area contributed by atoms with Gasteiger partial charge in [-0.2, -0.15) is 0 Å². The van der Waals surface area contributed by atoms with E-state index in [4.69, 9.17) is 11.6 Å². The molecule has 0 amide bonds. The second-order valence-electron chi connectivity index (χ2n) is 7.82. The van der Waals surface area contributed by atoms with Crippen LogP contribution in [0.15, 0.2) is 36.9 Å². The summed E-state index contributed by atoms with van der Waals surface area (Å²) in [6, 6.07) is 8.49. The number of nitrogens with zero attached hydrogens (tertiary/aromatic N) is 6. The van der Waals surface area contributed by atoms with Gasteiger partial charge < -0.3 is 0 Å². The minimum atomic E-state index is -0.0171. The van der Waals surface area contributed by atoms with Crippen molar-refractivity contribution in [2.75, 3.05) is 32.7 Å². The van der Waals surface area contributed by atoms with Gasteiger partial charge in [0.25, 0.3) is 0 Å². The molecular formula is C21H30Cl2N6. The summed E-state index contributed by atoms with van der Waals surface area (Å²) >= 11 is 6.64. The molecule has 1 saturated heterocycles. The van der Waals surface area contributed by atoms with Gasteiger partial charge in [-0.1, -0.05) is 55.1 Å². The third kappa shape index (κ3) is 5.00. The third-order valence-corrected chi connectivity index (χ3v) is 6.39. The summed E-state index contributed by atoms with van der Waals surface area (Å²) in [6.45, 7) is 8.75. The number of benzene rings is 1. The Bertz CT molecular complexity index is 781. The van der Waals surface area contributed by atoms with E-state index in [9.17, 15) is 0 Å². The number of tetrazole rings is 1. The van der Waals surface area contributed by atoms with Crippen LogP contribution >= 0.6 is 24.0 Å². The van der Waals surface area contributed by atoms with Crippen molar-refractivity contribution in [3.63, 3.8) is 0 Å². The molecule has 2 fully saturated rings. The Morgan fingerprint density at radius 1 is 1.10 bits per heavy atom. The van der Waals surface area contributed by atoms with Gasteiger partial charge in [-0.15, -0.1) is 24.1 Å². The third-order valence-electron chi connectivity index (χ3n) is 6.04. The van der Waals surface area contributed by atoms with E-state index in [1.807, 2.05) is 18.2 Å². The molecule has 1 atom stereocenters. The largest absolute Gasteiger partial charge is 0.297 e. The van der Waals surface area contributed by atoms with E-state index in [0.29, 0.717) is 6.04 Å². The van der Waals surface area contributed by atoms with Crippen molar-refractivity contribution < 1.29 is 0 Å². The molecule has 158 valence electrons. The first-order valence-electron chi connectivity index (χ1n) is 10.4. The number of piperazine rings is 1. The Hall–Kier alpha value is -1.47. The summed E-state index contributed by atoms with van der Waals surface area (Å²) in [5.74, 6) is 0.928. The van der Waals surface area contributed by atoms with E-state index in [-0.39, 0.29) is 18.4 Å². The lowest BCUT2D eigenvalue weighted by atomic mass is 9.95. The Kier molecular flexibility index (Phi) is 8.07. The molecule has 6 nitrogen and oxygen atoms in total. The molecule has 2 aromatic rings. The molecular weight excluding hydrogens is 407 g/mol. The number of hydrogen-bond donors (Lipinski definition) is 0. The van der Waals surface area contributed by atoms with Gasteiger partial charge in [-0.3, -0.25) is 9.80 Å². The zero-order valence-electron chi connectivity index (χ0n) is 16.8. The summed E-state index contributed by atoms with van der Waals surface area (Å²) in [4.78, 5) is 4.91. The van der Waals surface area contributed by atoms with Crippen molar-refractivity contribution in [2.24, 2.45) is 0 Å². The molecule has 1 aliphatic carbocycles. The van der Waals surface area contributed by atoms with E-state index in [1.54, 1.807) is 0 Å². The summed E-state index contributed by atoms with van der Waals surface area (Å²) in [7, 11) is 0. The van der Waals surface area contributed by atoms with Crippen LogP contribution in [0, 0.1) is 0 Å². The monoisotopic (exact) mass is 436 g/mol. The van der Waals surface area contributed by atoms with Crippen molar-refractivity contribution in [1.29, 1.82) is 0 Å². The molecule has 0 N–H and O–H groups in total. The van der Waals surface area contributed by atoms with Gasteiger partial charge >= 0.3 is 0 Å². The van der Waals surface area contributed by atoms with E-state index >= 15 is 0 Å². The molecule has 2 aliphatic rings. The second-order valence-corrected chi connectivity index (χ2v) is 8.23. The number of rotatable bonds is 6. The highest BCUT2D eigenvalue weighted by atomic mass is 35.5. The van der Waals surface area contributed by atoms with E-state index in [2.05, 4.69) is 48.7 Å². The lowest BCUT2D eigenvalue weighted by molar-refractivity contribution is 0.111. The predicted molar refractivity (Wildman–Crippen MR) is 119 cm³/mol. The first kappa shape index (κ1) is 22.2. The van der Waals surface area contributed by atoms with Crippen molar-refractivity contribution in [2.45, 2.75) is 44.2 Å². The highest BCUT2D eigenvalue weighted by Gasteiger charge is 2.33. The highest BCUT2D eigenvalue weighted by molar-refractivity contribution is 6.31. The molecule has 29 heavy (non-hydrogen) atoms. The molecule has 4 rings (SSSR count). The van der Waals surface area contributed by atoms with Crippen LogP contribution in [-0.2, 0) is 0 Å². The summed E-state index contributed by atoms with van der Waals surface area (Å²) in [5.41, 5.74) is 1.09. The zero-order valence-corrected chi connectivity index (χ0v) is 18.4. The van der Waals surface area contributed by atoms with Crippen molar-refractivity contribution in [3.8, 4) is 0 Å². The fourth-order valence-electron chi connectivity index (χ4n) is 4.55. The van der Waals surface area contributed by atoms with Crippen molar-refractivity contribution in [3.05, 3.63) is 53.3 Å². The predicted octanol–water partition coefficient (Wildman–Crippen LogP) is 4.15. The lowest BCUT2D eigenvalue weighted by Gasteiger charge is -2.39. The molecule has 0 spiro atoms. The fourth-order valence-corrected chi connectivity index (χ4v) is 4.79. The standard InChI is InChI=1S/C21H29ClN6.ClH/c1-2-12-26-13-15-27(16-14-26)20(18-10-6-7-11-19(18)22)21-23-24-25-28(21)17-8-4-3-5-9-17;/h2,6-7,10-11,17,20H,1,3-5,8-9,12-16H2;1H. The average Bonchev–Trinajstić information content (AvgIpc) is 3.21. The number of halogens is 2. The normalized spacial score (nSPS) is 20.2. The molecule has 1 aromatic heterocycles. The van der Waals surface area contributed by atoms with Gasteiger partial charge in [-0.25, -0.2) is 4.68 Å². The number of hydrogen-bond acceptors (Lipinski definition) is 5. The molecule has 1 saturated carbocycles. The summed E-state index contributed by atoms with van der Waals surface area (Å²) in [6.07, 6.45) is 8.10. The van der Waals surface area contributed by atoms with Crippen LogP contribution in [0.3, 0.4) is 0 Å². The van der Waals surface area contributed by atoms with E-state index < -0.39 is 0 Å². The first-order valence-corrected chi connectivity index (χ1v) is 10.7. The topological polar surface area (TPSA) is 50.1 Å². The maximum Gasteiger partial charge on any atom is 0.173 e. The van der Waals surface area contributed by atoms with Crippen LogP contribution in [0.5, 0.6) is 0 Å². The fraction of sp³-hybridized carbons (Fsp3) is 0.571. The molecule has 1 aliphatic heterocycles. The zero-order chi connectivity index (χ0) is 19.3. The minimum Gasteiger partial charge on any atom is -0.297 e. The Balaban J connectivity index is 0.00000240. The van der Waals surface area contributed by atoms with Crippen LogP contribution in [0.2, 0.25) is 5.02 Å². The minimum absolute atomic E-state index is 0. The van der Waals surface area contributed by atoms with Crippen LogP contribution in [0.4, 0.5) is 0 Å². The smallest absolute Gasteiger partial charge is 0.173 e. The maximum atomic E-state index is 6.64. The van der Waals surface area contributed by atoms with Crippen LogP contribution in [0.25, 0.3) is 0 Å². The lowest BCUT2D eigenvalue weighted by Crippen LogP contribution is -2.48. The molecule has 1 aromatic carbocycles. The maximum absolute atomic E-state index is 6.64. The Morgan fingerprint density at radius 2 is 1.83 bits per heavy atom. The van der Waals surface area contributed by atoms with Gasteiger partial charge in [0.2, 0.25) is 0 Å². The molecule has 0 bridgehead atoms. The molecule has 0 radical (unpaired) electrons. The highest BCUT2D eigenvalue weighted by Crippen LogP contribution is 2.36. The first-order chi connectivity index (χ1) is 13.8. The molecule has 8 heteroatoms. The SMILES string of the molecule is C=CCN1CCN(C(c2ccccc2Cl)c2nnnn2C2CCCCC2)CC1.Cl. The van der Waals surface area contributed by atoms with E-state index in [1.165, 1.54) is 19.3 Å². The molecule has 2 heterocycles.